The molecule has 2 unspecified atom stereocenters. The van der Waals surface area contributed by atoms with Crippen LogP contribution in [0.4, 0.5) is 0 Å². The lowest BCUT2D eigenvalue weighted by atomic mass is 10.0. The van der Waals surface area contributed by atoms with Gasteiger partial charge in [0, 0.05) is 18.3 Å². The van der Waals surface area contributed by atoms with Gasteiger partial charge >= 0.3 is 0 Å². The van der Waals surface area contributed by atoms with Crippen LogP contribution < -0.4 is 0 Å². The number of halogens is 1. The SMILES string of the molecule is Cn1ncnc1CC1Cc2ccccc2C1Br. The molecule has 2 aromatic rings. The van der Waals surface area contributed by atoms with Crippen LogP contribution in [0.2, 0.25) is 0 Å². The van der Waals surface area contributed by atoms with Crippen LogP contribution in [0.15, 0.2) is 30.6 Å². The van der Waals surface area contributed by atoms with Crippen LogP contribution in [0.1, 0.15) is 21.8 Å². The Bertz CT molecular complexity index is 535. The third-order valence-corrected chi connectivity index (χ3v) is 4.74. The van der Waals surface area contributed by atoms with Crippen molar-refractivity contribution < 1.29 is 0 Å². The Labute approximate surface area is 109 Å². The molecule has 0 radical (unpaired) electrons. The number of benzene rings is 1. The lowest BCUT2D eigenvalue weighted by Gasteiger charge is -2.13. The second-order valence-electron chi connectivity index (χ2n) is 4.57. The standard InChI is InChI=1S/C13H14BrN3/c1-17-12(15-8-16-17)7-10-6-9-4-2-3-5-11(9)13(10)14/h2-5,8,10,13H,6-7H2,1H3. The highest BCUT2D eigenvalue weighted by molar-refractivity contribution is 9.09. The molecule has 3 nitrogen and oxygen atoms in total. The average Bonchev–Trinajstić information content (AvgIpc) is 2.87. The number of rotatable bonds is 2. The van der Waals surface area contributed by atoms with Gasteiger partial charge in [0.15, 0.2) is 0 Å². The highest BCUT2D eigenvalue weighted by Gasteiger charge is 2.31. The second kappa shape index (κ2) is 4.26. The molecule has 1 aliphatic rings. The van der Waals surface area contributed by atoms with E-state index in [-0.39, 0.29) is 0 Å². The minimum atomic E-state index is 0.440. The number of hydrogen-bond donors (Lipinski definition) is 0. The van der Waals surface area contributed by atoms with Crippen LogP contribution >= 0.6 is 15.9 Å². The molecule has 3 rings (SSSR count). The molecule has 1 aromatic heterocycles. The summed E-state index contributed by atoms with van der Waals surface area (Å²) in [6, 6.07) is 8.66. The van der Waals surface area contributed by atoms with E-state index in [4.69, 9.17) is 0 Å². The molecule has 2 atom stereocenters. The van der Waals surface area contributed by atoms with Crippen molar-refractivity contribution in [2.75, 3.05) is 0 Å². The van der Waals surface area contributed by atoms with E-state index in [2.05, 4.69) is 50.3 Å². The highest BCUT2D eigenvalue weighted by atomic mass is 79.9. The number of alkyl halides is 1. The molecule has 0 spiro atoms. The van der Waals surface area contributed by atoms with E-state index in [1.54, 1.807) is 6.33 Å². The number of fused-ring (bicyclic) bond motifs is 1. The molecule has 1 aliphatic carbocycles. The Hall–Kier alpha value is -1.16. The fourth-order valence-electron chi connectivity index (χ4n) is 2.54. The number of aromatic nitrogens is 3. The quantitative estimate of drug-likeness (QED) is 0.797. The zero-order valence-corrected chi connectivity index (χ0v) is 11.3. The van der Waals surface area contributed by atoms with Gasteiger partial charge in [-0.05, 0) is 23.5 Å². The summed E-state index contributed by atoms with van der Waals surface area (Å²) in [7, 11) is 1.95. The van der Waals surface area contributed by atoms with Gasteiger partial charge in [0.05, 0.1) is 0 Å². The van der Waals surface area contributed by atoms with Gasteiger partial charge < -0.3 is 0 Å². The predicted octanol–water partition coefficient (Wildman–Crippen LogP) is 2.67. The average molecular weight is 292 g/mol. The van der Waals surface area contributed by atoms with Crippen LogP contribution in [-0.2, 0) is 19.9 Å². The molecule has 1 heterocycles. The highest BCUT2D eigenvalue weighted by Crippen LogP contribution is 2.43. The topological polar surface area (TPSA) is 30.7 Å². The summed E-state index contributed by atoms with van der Waals surface area (Å²) in [5.41, 5.74) is 2.89. The first-order valence-electron chi connectivity index (χ1n) is 5.80. The summed E-state index contributed by atoms with van der Waals surface area (Å²) in [4.78, 5) is 4.75. The summed E-state index contributed by atoms with van der Waals surface area (Å²) in [5, 5.41) is 4.12. The third-order valence-electron chi connectivity index (χ3n) is 3.50. The Morgan fingerprint density at radius 3 is 2.94 bits per heavy atom. The molecule has 17 heavy (non-hydrogen) atoms. The lowest BCUT2D eigenvalue weighted by Crippen LogP contribution is -2.11. The Morgan fingerprint density at radius 2 is 2.24 bits per heavy atom. The van der Waals surface area contributed by atoms with E-state index >= 15 is 0 Å². The third kappa shape index (κ3) is 1.90. The number of aryl methyl sites for hydroxylation is 1. The van der Waals surface area contributed by atoms with Gasteiger partial charge in [-0.2, -0.15) is 5.10 Å². The van der Waals surface area contributed by atoms with E-state index in [9.17, 15) is 0 Å². The van der Waals surface area contributed by atoms with Crippen molar-refractivity contribution in [1.29, 1.82) is 0 Å². The van der Waals surface area contributed by atoms with E-state index in [1.807, 2.05) is 11.7 Å². The van der Waals surface area contributed by atoms with E-state index < -0.39 is 0 Å². The Morgan fingerprint density at radius 1 is 1.41 bits per heavy atom. The van der Waals surface area contributed by atoms with Crippen molar-refractivity contribution in [3.05, 3.63) is 47.5 Å². The summed E-state index contributed by atoms with van der Waals surface area (Å²) in [5.74, 6) is 1.64. The maximum atomic E-state index is 4.31. The molecular weight excluding hydrogens is 278 g/mol. The van der Waals surface area contributed by atoms with Gasteiger partial charge in [0.2, 0.25) is 0 Å². The van der Waals surface area contributed by atoms with Gasteiger partial charge in [-0.15, -0.1) is 0 Å². The van der Waals surface area contributed by atoms with Crippen LogP contribution in [0.25, 0.3) is 0 Å². The largest absolute Gasteiger partial charge is 0.253 e. The Balaban J connectivity index is 1.83. The summed E-state index contributed by atoms with van der Waals surface area (Å²) in [6.45, 7) is 0. The zero-order valence-electron chi connectivity index (χ0n) is 9.68. The molecule has 0 saturated carbocycles. The summed E-state index contributed by atoms with van der Waals surface area (Å²) >= 11 is 3.82. The van der Waals surface area contributed by atoms with Crippen LogP contribution in [0, 0.1) is 5.92 Å². The van der Waals surface area contributed by atoms with Crippen molar-refractivity contribution in [3.8, 4) is 0 Å². The fourth-order valence-corrected chi connectivity index (χ4v) is 3.36. The minimum absolute atomic E-state index is 0.440. The first-order chi connectivity index (χ1) is 8.25. The predicted molar refractivity (Wildman–Crippen MR) is 70.0 cm³/mol. The first-order valence-corrected chi connectivity index (χ1v) is 6.72. The number of hydrogen-bond acceptors (Lipinski definition) is 2. The lowest BCUT2D eigenvalue weighted by molar-refractivity contribution is 0.520. The van der Waals surface area contributed by atoms with Crippen LogP contribution in [0.5, 0.6) is 0 Å². The van der Waals surface area contributed by atoms with Gasteiger partial charge in [0.1, 0.15) is 12.2 Å². The molecule has 1 aromatic carbocycles. The van der Waals surface area contributed by atoms with Gasteiger partial charge in [0.25, 0.3) is 0 Å². The van der Waals surface area contributed by atoms with E-state index in [1.165, 1.54) is 11.1 Å². The van der Waals surface area contributed by atoms with Gasteiger partial charge in [-0.25, -0.2) is 4.98 Å². The fraction of sp³-hybridized carbons (Fsp3) is 0.385. The summed E-state index contributed by atoms with van der Waals surface area (Å²) < 4.78 is 1.86. The molecule has 0 aliphatic heterocycles. The van der Waals surface area contributed by atoms with Crippen molar-refractivity contribution in [3.63, 3.8) is 0 Å². The normalized spacial score (nSPS) is 22.7. The Kier molecular flexibility index (Phi) is 2.74. The minimum Gasteiger partial charge on any atom is -0.253 e. The smallest absolute Gasteiger partial charge is 0.138 e. The molecule has 0 bridgehead atoms. The zero-order chi connectivity index (χ0) is 11.8. The maximum absolute atomic E-state index is 4.31. The molecule has 4 heteroatoms. The molecular formula is C13H14BrN3. The van der Waals surface area contributed by atoms with Crippen molar-refractivity contribution in [1.82, 2.24) is 14.8 Å². The van der Waals surface area contributed by atoms with Crippen LogP contribution in [0.3, 0.4) is 0 Å². The summed E-state index contributed by atoms with van der Waals surface area (Å²) in [6.07, 6.45) is 3.72. The van der Waals surface area contributed by atoms with Gasteiger partial charge in [-0.1, -0.05) is 40.2 Å². The number of nitrogens with zero attached hydrogens (tertiary/aromatic N) is 3. The van der Waals surface area contributed by atoms with E-state index in [0.29, 0.717) is 10.7 Å². The molecule has 0 fully saturated rings. The maximum Gasteiger partial charge on any atom is 0.138 e. The van der Waals surface area contributed by atoms with Gasteiger partial charge in [-0.3, -0.25) is 4.68 Å². The molecule has 0 saturated heterocycles. The van der Waals surface area contributed by atoms with E-state index in [0.717, 1.165) is 18.7 Å². The second-order valence-corrected chi connectivity index (χ2v) is 5.56. The van der Waals surface area contributed by atoms with Crippen molar-refractivity contribution in [2.24, 2.45) is 13.0 Å². The van der Waals surface area contributed by atoms with Crippen LogP contribution in [-0.4, -0.2) is 14.8 Å². The molecule has 0 amide bonds. The molecule has 0 N–H and O–H groups in total. The molecule has 88 valence electrons. The van der Waals surface area contributed by atoms with Crippen molar-refractivity contribution in [2.45, 2.75) is 17.7 Å². The monoisotopic (exact) mass is 291 g/mol. The first kappa shape index (κ1) is 11.0. The van der Waals surface area contributed by atoms with Crippen molar-refractivity contribution >= 4 is 15.9 Å².